The van der Waals surface area contributed by atoms with Crippen LogP contribution in [0.5, 0.6) is 0 Å². The molecular weight excluding hydrogens is 377 g/mol. The quantitative estimate of drug-likeness (QED) is 0.581. The zero-order valence-electron chi connectivity index (χ0n) is 15.4. The van der Waals surface area contributed by atoms with Crippen molar-refractivity contribution in [1.82, 2.24) is 20.1 Å². The third-order valence-electron chi connectivity index (χ3n) is 4.78. The number of carbonyl (C=O) groups excluding carboxylic acids is 2. The van der Waals surface area contributed by atoms with Crippen molar-refractivity contribution in [3.8, 4) is 5.69 Å². The van der Waals surface area contributed by atoms with E-state index < -0.39 is 11.8 Å². The van der Waals surface area contributed by atoms with Gasteiger partial charge in [0.1, 0.15) is 5.82 Å². The fraction of sp³-hybridized carbons (Fsp3) is 0.200. The minimum Gasteiger partial charge on any atom is -0.344 e. The Bertz CT molecular complexity index is 1130. The van der Waals surface area contributed by atoms with Gasteiger partial charge in [0.25, 0.3) is 5.56 Å². The van der Waals surface area contributed by atoms with Gasteiger partial charge >= 0.3 is 11.8 Å². The lowest BCUT2D eigenvalue weighted by atomic mass is 10.2. The second-order valence-electron chi connectivity index (χ2n) is 6.68. The molecule has 0 saturated heterocycles. The first kappa shape index (κ1) is 18.6. The van der Waals surface area contributed by atoms with Crippen LogP contribution in [0.2, 0.25) is 0 Å². The number of anilines is 1. The summed E-state index contributed by atoms with van der Waals surface area (Å²) in [4.78, 5) is 38.6. The van der Waals surface area contributed by atoms with E-state index in [1.807, 2.05) is 0 Å². The number of benzene rings is 1. The van der Waals surface area contributed by atoms with Crippen LogP contribution in [0.4, 0.5) is 10.2 Å². The Kier molecular flexibility index (Phi) is 4.94. The lowest BCUT2D eigenvalue weighted by molar-refractivity contribution is -0.136. The van der Waals surface area contributed by atoms with Gasteiger partial charge in [0.15, 0.2) is 5.82 Å². The van der Waals surface area contributed by atoms with Gasteiger partial charge in [0.2, 0.25) is 0 Å². The van der Waals surface area contributed by atoms with Crippen LogP contribution in [-0.4, -0.2) is 26.6 Å². The lowest BCUT2D eigenvalue weighted by Crippen LogP contribution is -2.36. The van der Waals surface area contributed by atoms with E-state index in [0.717, 1.165) is 30.5 Å². The van der Waals surface area contributed by atoms with Crippen molar-refractivity contribution in [3.63, 3.8) is 0 Å². The zero-order valence-corrected chi connectivity index (χ0v) is 15.4. The maximum absolute atomic E-state index is 13.2. The third kappa shape index (κ3) is 3.79. The number of amides is 2. The molecule has 29 heavy (non-hydrogen) atoms. The molecule has 1 aliphatic carbocycles. The Morgan fingerprint density at radius 1 is 1.14 bits per heavy atom. The number of halogens is 1. The Labute approximate surface area is 164 Å². The maximum atomic E-state index is 13.2. The Morgan fingerprint density at radius 3 is 2.69 bits per heavy atom. The maximum Gasteiger partial charge on any atom is 0.314 e. The molecule has 0 fully saturated rings. The molecule has 4 rings (SSSR count). The highest BCUT2D eigenvalue weighted by atomic mass is 19.1. The molecule has 0 spiro atoms. The van der Waals surface area contributed by atoms with Crippen LogP contribution in [0.25, 0.3) is 5.69 Å². The van der Waals surface area contributed by atoms with Crippen molar-refractivity contribution in [2.45, 2.75) is 25.8 Å². The molecule has 0 radical (unpaired) electrons. The van der Waals surface area contributed by atoms with Gasteiger partial charge in [-0.3, -0.25) is 14.4 Å². The molecule has 3 aromatic rings. The number of hydrogen-bond donors (Lipinski definition) is 3. The molecule has 8 nitrogen and oxygen atoms in total. The second kappa shape index (κ2) is 7.70. The molecular formula is C20H18FN5O3. The number of hydrogen-bond acceptors (Lipinski definition) is 4. The summed E-state index contributed by atoms with van der Waals surface area (Å²) in [5.41, 5.74) is 2.50. The van der Waals surface area contributed by atoms with Gasteiger partial charge in [-0.15, -0.1) is 5.10 Å². The number of carbonyl (C=O) groups is 2. The number of nitrogens with one attached hydrogen (secondary N) is 3. The van der Waals surface area contributed by atoms with E-state index in [1.165, 1.54) is 18.3 Å². The monoisotopic (exact) mass is 395 g/mol. The average Bonchev–Trinajstić information content (AvgIpc) is 3.32. The molecule has 0 unspecified atom stereocenters. The standard InChI is InChI=1S/C20H18FN5O3/c21-13-6-8-14(9-7-13)26-16-5-1-4-15(16)17(25-26)24-20(29)19(28)23-11-12-3-2-10-22-18(12)27/h2-3,6-10H,1,4-5,11H2,(H,22,27)(H,23,28)(H,24,25,29). The molecule has 1 aliphatic rings. The van der Waals surface area contributed by atoms with E-state index in [1.54, 1.807) is 28.9 Å². The van der Waals surface area contributed by atoms with Crippen molar-refractivity contribution in [2.24, 2.45) is 0 Å². The lowest BCUT2D eigenvalue weighted by Gasteiger charge is -2.06. The fourth-order valence-corrected chi connectivity index (χ4v) is 3.35. The van der Waals surface area contributed by atoms with Crippen LogP contribution in [0.3, 0.4) is 0 Å². The molecule has 1 aromatic carbocycles. The molecule has 2 heterocycles. The number of nitrogens with zero attached hydrogens (tertiary/aromatic N) is 2. The van der Waals surface area contributed by atoms with Crippen LogP contribution < -0.4 is 16.2 Å². The van der Waals surface area contributed by atoms with Gasteiger partial charge in [0, 0.05) is 29.6 Å². The van der Waals surface area contributed by atoms with Crippen molar-refractivity contribution in [2.75, 3.05) is 5.32 Å². The smallest absolute Gasteiger partial charge is 0.314 e. The predicted octanol–water partition coefficient (Wildman–Crippen LogP) is 1.44. The summed E-state index contributed by atoms with van der Waals surface area (Å²) in [5, 5.41) is 9.39. The fourth-order valence-electron chi connectivity index (χ4n) is 3.35. The largest absolute Gasteiger partial charge is 0.344 e. The zero-order chi connectivity index (χ0) is 20.4. The number of aromatic amines is 1. The van der Waals surface area contributed by atoms with E-state index >= 15 is 0 Å². The summed E-state index contributed by atoms with van der Waals surface area (Å²) in [7, 11) is 0. The highest BCUT2D eigenvalue weighted by Gasteiger charge is 2.26. The Morgan fingerprint density at radius 2 is 1.93 bits per heavy atom. The van der Waals surface area contributed by atoms with Crippen molar-refractivity contribution in [3.05, 3.63) is 75.6 Å². The minimum atomic E-state index is -0.865. The number of pyridine rings is 1. The minimum absolute atomic E-state index is 0.0649. The molecule has 0 aliphatic heterocycles. The van der Waals surface area contributed by atoms with Gasteiger partial charge in [0.05, 0.1) is 5.69 Å². The molecule has 148 valence electrons. The molecule has 2 amide bonds. The first-order valence-corrected chi connectivity index (χ1v) is 9.15. The summed E-state index contributed by atoms with van der Waals surface area (Å²) < 4.78 is 14.9. The van der Waals surface area contributed by atoms with E-state index in [-0.39, 0.29) is 17.9 Å². The van der Waals surface area contributed by atoms with E-state index in [4.69, 9.17) is 0 Å². The number of H-pyrrole nitrogens is 1. The summed E-state index contributed by atoms with van der Waals surface area (Å²) in [6, 6.07) is 9.10. The van der Waals surface area contributed by atoms with Gasteiger partial charge in [-0.2, -0.15) is 0 Å². The molecule has 0 atom stereocenters. The second-order valence-corrected chi connectivity index (χ2v) is 6.68. The number of aromatic nitrogens is 3. The summed E-state index contributed by atoms with van der Waals surface area (Å²) in [5.74, 6) is -1.76. The number of fused-ring (bicyclic) bond motifs is 1. The van der Waals surface area contributed by atoms with Crippen LogP contribution in [0, 0.1) is 5.82 Å². The third-order valence-corrected chi connectivity index (χ3v) is 4.78. The molecule has 2 aromatic heterocycles. The summed E-state index contributed by atoms with van der Waals surface area (Å²) in [6.07, 6.45) is 3.89. The van der Waals surface area contributed by atoms with Crippen molar-refractivity contribution >= 4 is 17.6 Å². The van der Waals surface area contributed by atoms with Gasteiger partial charge < -0.3 is 15.6 Å². The molecule has 3 N–H and O–H groups in total. The first-order chi connectivity index (χ1) is 14.0. The highest BCUT2D eigenvalue weighted by molar-refractivity contribution is 6.39. The number of rotatable bonds is 4. The SMILES string of the molecule is O=C(NCc1ccc[nH]c1=O)C(=O)Nc1nn(-c2ccc(F)cc2)c2c1CCC2. The van der Waals surface area contributed by atoms with Crippen LogP contribution in [0.15, 0.2) is 47.4 Å². The van der Waals surface area contributed by atoms with Crippen LogP contribution >= 0.6 is 0 Å². The highest BCUT2D eigenvalue weighted by Crippen LogP contribution is 2.30. The van der Waals surface area contributed by atoms with Gasteiger partial charge in [-0.1, -0.05) is 6.07 Å². The Balaban J connectivity index is 1.49. The van der Waals surface area contributed by atoms with Crippen molar-refractivity contribution in [1.29, 1.82) is 0 Å². The van der Waals surface area contributed by atoms with Crippen molar-refractivity contribution < 1.29 is 14.0 Å². The van der Waals surface area contributed by atoms with E-state index in [2.05, 4.69) is 20.7 Å². The summed E-state index contributed by atoms with van der Waals surface area (Å²) >= 11 is 0. The molecule has 0 saturated carbocycles. The Hall–Kier alpha value is -3.75. The van der Waals surface area contributed by atoms with E-state index in [0.29, 0.717) is 17.1 Å². The predicted molar refractivity (Wildman–Crippen MR) is 103 cm³/mol. The molecule has 9 heteroatoms. The topological polar surface area (TPSA) is 109 Å². The molecule has 0 bridgehead atoms. The van der Waals surface area contributed by atoms with Crippen LogP contribution in [0.1, 0.15) is 23.2 Å². The summed E-state index contributed by atoms with van der Waals surface area (Å²) in [6.45, 7) is -0.0649. The van der Waals surface area contributed by atoms with E-state index in [9.17, 15) is 18.8 Å². The van der Waals surface area contributed by atoms with Crippen LogP contribution in [-0.2, 0) is 29.0 Å². The normalized spacial score (nSPS) is 12.4. The first-order valence-electron chi connectivity index (χ1n) is 9.15. The van der Waals surface area contributed by atoms with Gasteiger partial charge in [-0.25, -0.2) is 9.07 Å². The average molecular weight is 395 g/mol. The van der Waals surface area contributed by atoms with Gasteiger partial charge in [-0.05, 0) is 49.6 Å².